The maximum atomic E-state index is 4.72. The van der Waals surface area contributed by atoms with Crippen LogP contribution in [0.5, 0.6) is 0 Å². The lowest BCUT2D eigenvalue weighted by molar-refractivity contribution is 1.09. The van der Waals surface area contributed by atoms with Gasteiger partial charge in [-0.05, 0) is 0 Å². The quantitative estimate of drug-likeness (QED) is 0.733. The second-order valence-electron chi connectivity index (χ2n) is 2.53. The van der Waals surface area contributed by atoms with Gasteiger partial charge in [-0.15, -0.1) is 0 Å². The molecule has 1 heterocycles. The van der Waals surface area contributed by atoms with E-state index in [1.165, 1.54) is 5.37 Å². The molecule has 0 atom stereocenters. The van der Waals surface area contributed by atoms with Crippen molar-refractivity contribution in [1.82, 2.24) is 15.2 Å². The third-order valence-corrected chi connectivity index (χ3v) is 1.87. The summed E-state index contributed by atoms with van der Waals surface area (Å²) in [6.45, 7) is 0. The van der Waals surface area contributed by atoms with Gasteiger partial charge in [-0.2, -0.15) is 5.10 Å². The summed E-state index contributed by atoms with van der Waals surface area (Å²) in [7, 11) is 0. The Morgan fingerprint density at radius 3 is 2.62 bits per heavy atom. The van der Waals surface area contributed by atoms with E-state index in [2.05, 4.69) is 15.2 Å². The number of aromatic amines is 1. The predicted octanol–water partition coefficient (Wildman–Crippen LogP) is 1.82. The highest BCUT2D eigenvalue weighted by atomic mass is 32.1. The number of nitrogens with one attached hydrogen (secondary N) is 1. The molecule has 0 saturated heterocycles. The molecular formula is C9H7N3S. The van der Waals surface area contributed by atoms with Gasteiger partial charge in [-0.1, -0.05) is 42.5 Å². The van der Waals surface area contributed by atoms with Crippen molar-refractivity contribution in [3.8, 4) is 11.4 Å². The van der Waals surface area contributed by atoms with Crippen molar-refractivity contribution in [3.05, 3.63) is 36.2 Å². The first-order valence-electron chi connectivity index (χ1n) is 3.83. The van der Waals surface area contributed by atoms with Gasteiger partial charge in [0.05, 0.1) is 0 Å². The number of aromatic nitrogens is 3. The number of hydrogen-bond donors (Lipinski definition) is 1. The number of hydrogen-bond acceptors (Lipinski definition) is 3. The minimum Gasteiger partial charge on any atom is -0.258 e. The molecule has 0 spiro atoms. The lowest BCUT2D eigenvalue weighted by Crippen LogP contribution is -1.80. The molecule has 1 N–H and O–H groups in total. The average molecular weight is 189 g/mol. The minimum atomic E-state index is 0.619. The first-order valence-corrected chi connectivity index (χ1v) is 4.30. The van der Waals surface area contributed by atoms with Crippen LogP contribution >= 0.6 is 12.2 Å². The van der Waals surface area contributed by atoms with Crippen LogP contribution in [0.3, 0.4) is 0 Å². The molecule has 0 unspecified atom stereocenters. The maximum absolute atomic E-state index is 4.72. The molecule has 0 aliphatic heterocycles. The molecule has 1 aromatic heterocycles. The van der Waals surface area contributed by atoms with Crippen LogP contribution in [0.25, 0.3) is 11.4 Å². The lowest BCUT2D eigenvalue weighted by Gasteiger charge is -1.90. The zero-order valence-electron chi connectivity index (χ0n) is 6.77. The molecule has 0 bridgehead atoms. The number of nitrogens with zero attached hydrogens (tertiary/aromatic N) is 2. The molecule has 0 fully saturated rings. The fourth-order valence-electron chi connectivity index (χ4n) is 1.04. The highest BCUT2D eigenvalue weighted by molar-refractivity contribution is 7.79. The van der Waals surface area contributed by atoms with Crippen LogP contribution in [0.4, 0.5) is 0 Å². The summed E-state index contributed by atoms with van der Waals surface area (Å²) in [5.41, 5.74) is 0.988. The van der Waals surface area contributed by atoms with Crippen LogP contribution in [0.1, 0.15) is 5.82 Å². The van der Waals surface area contributed by atoms with E-state index in [0.717, 1.165) is 5.56 Å². The Bertz CT molecular complexity index is 408. The largest absolute Gasteiger partial charge is 0.258 e. The van der Waals surface area contributed by atoms with Crippen molar-refractivity contribution in [2.24, 2.45) is 0 Å². The molecule has 0 radical (unpaired) electrons. The average Bonchev–Trinajstić information content (AvgIpc) is 2.67. The van der Waals surface area contributed by atoms with Crippen molar-refractivity contribution in [1.29, 1.82) is 0 Å². The van der Waals surface area contributed by atoms with Crippen molar-refractivity contribution in [3.63, 3.8) is 0 Å². The Hall–Kier alpha value is -1.55. The smallest absolute Gasteiger partial charge is 0.181 e. The summed E-state index contributed by atoms with van der Waals surface area (Å²) in [5.74, 6) is 1.30. The van der Waals surface area contributed by atoms with Crippen LogP contribution in [0, 0.1) is 0 Å². The van der Waals surface area contributed by atoms with E-state index < -0.39 is 0 Å². The highest BCUT2D eigenvalue weighted by Crippen LogP contribution is 2.12. The molecule has 13 heavy (non-hydrogen) atoms. The fraction of sp³-hybridized carbons (Fsp3) is 0. The molecule has 2 aromatic rings. The fourth-order valence-corrected chi connectivity index (χ4v) is 1.15. The van der Waals surface area contributed by atoms with E-state index in [1.807, 2.05) is 30.3 Å². The van der Waals surface area contributed by atoms with Crippen LogP contribution < -0.4 is 0 Å². The van der Waals surface area contributed by atoms with Crippen LogP contribution in [0.15, 0.2) is 30.3 Å². The second kappa shape index (κ2) is 3.45. The molecule has 0 amide bonds. The highest BCUT2D eigenvalue weighted by Gasteiger charge is 2.01. The molecule has 3 nitrogen and oxygen atoms in total. The Labute approximate surface area is 80.8 Å². The van der Waals surface area contributed by atoms with Crippen molar-refractivity contribution < 1.29 is 0 Å². The minimum absolute atomic E-state index is 0.619. The van der Waals surface area contributed by atoms with Gasteiger partial charge in [0, 0.05) is 10.9 Å². The third-order valence-electron chi connectivity index (χ3n) is 1.65. The van der Waals surface area contributed by atoms with Crippen molar-refractivity contribution >= 4 is 17.6 Å². The van der Waals surface area contributed by atoms with Crippen molar-refractivity contribution in [2.45, 2.75) is 0 Å². The topological polar surface area (TPSA) is 41.6 Å². The second-order valence-corrected chi connectivity index (χ2v) is 2.76. The first kappa shape index (κ1) is 8.07. The summed E-state index contributed by atoms with van der Waals surface area (Å²) in [4.78, 5) is 4.17. The standard InChI is InChI=1S/C9H7N3S/c13-6-8-10-9(12-11-8)7-4-2-1-3-5-7/h1-6H,(H,10,11,12). The van der Waals surface area contributed by atoms with Gasteiger partial charge in [0.2, 0.25) is 0 Å². The molecule has 4 heteroatoms. The van der Waals surface area contributed by atoms with Gasteiger partial charge in [0.1, 0.15) is 0 Å². The van der Waals surface area contributed by atoms with E-state index in [-0.39, 0.29) is 0 Å². The van der Waals surface area contributed by atoms with Crippen LogP contribution in [-0.2, 0) is 0 Å². The lowest BCUT2D eigenvalue weighted by atomic mass is 10.2. The monoisotopic (exact) mass is 189 g/mol. The maximum Gasteiger partial charge on any atom is 0.181 e. The van der Waals surface area contributed by atoms with Gasteiger partial charge >= 0.3 is 0 Å². The number of thiocarbonyl (C=S) groups is 1. The molecule has 1 aromatic carbocycles. The summed E-state index contributed by atoms with van der Waals surface area (Å²) in [5, 5.41) is 8.23. The van der Waals surface area contributed by atoms with E-state index in [9.17, 15) is 0 Å². The zero-order valence-corrected chi connectivity index (χ0v) is 7.58. The van der Waals surface area contributed by atoms with E-state index >= 15 is 0 Å². The Morgan fingerprint density at radius 2 is 2.00 bits per heavy atom. The van der Waals surface area contributed by atoms with Gasteiger partial charge in [-0.3, -0.25) is 5.10 Å². The normalized spacial score (nSPS) is 9.85. The molecule has 64 valence electrons. The van der Waals surface area contributed by atoms with Gasteiger partial charge in [0.25, 0.3) is 0 Å². The van der Waals surface area contributed by atoms with Crippen LogP contribution in [-0.4, -0.2) is 20.5 Å². The Balaban J connectivity index is 2.41. The molecule has 2 rings (SSSR count). The van der Waals surface area contributed by atoms with Gasteiger partial charge < -0.3 is 0 Å². The Morgan fingerprint density at radius 1 is 1.23 bits per heavy atom. The van der Waals surface area contributed by atoms with Crippen LogP contribution in [0.2, 0.25) is 0 Å². The molecule has 0 aliphatic carbocycles. The predicted molar refractivity (Wildman–Crippen MR) is 54.6 cm³/mol. The molecular weight excluding hydrogens is 182 g/mol. The van der Waals surface area contributed by atoms with E-state index in [4.69, 9.17) is 12.2 Å². The van der Waals surface area contributed by atoms with Crippen molar-refractivity contribution in [2.75, 3.05) is 0 Å². The van der Waals surface area contributed by atoms with Gasteiger partial charge in [0.15, 0.2) is 11.6 Å². The third kappa shape index (κ3) is 1.62. The first-order chi connectivity index (χ1) is 6.40. The summed E-state index contributed by atoms with van der Waals surface area (Å²) >= 11 is 4.72. The summed E-state index contributed by atoms with van der Waals surface area (Å²) in [6, 6.07) is 9.76. The van der Waals surface area contributed by atoms with E-state index in [1.54, 1.807) is 0 Å². The number of H-pyrrole nitrogens is 1. The summed E-state index contributed by atoms with van der Waals surface area (Å²) in [6.07, 6.45) is 0. The van der Waals surface area contributed by atoms with Gasteiger partial charge in [-0.25, -0.2) is 4.98 Å². The van der Waals surface area contributed by atoms with E-state index in [0.29, 0.717) is 11.6 Å². The molecule has 0 aliphatic rings. The number of rotatable bonds is 2. The SMILES string of the molecule is S=Cc1nc(-c2ccccc2)n[nH]1. The zero-order chi connectivity index (χ0) is 9.10. The number of benzene rings is 1. The Kier molecular flexibility index (Phi) is 2.14. The summed E-state index contributed by atoms with van der Waals surface area (Å²) < 4.78 is 0. The molecule has 0 saturated carbocycles.